The zero-order chi connectivity index (χ0) is 15.2. The van der Waals surface area contributed by atoms with Gasteiger partial charge in [-0.15, -0.1) is 0 Å². The summed E-state index contributed by atoms with van der Waals surface area (Å²) in [6, 6.07) is 12.2. The molecule has 0 spiro atoms. The summed E-state index contributed by atoms with van der Waals surface area (Å²) in [6.45, 7) is 0.300. The van der Waals surface area contributed by atoms with E-state index in [1.54, 1.807) is 18.2 Å². The lowest BCUT2D eigenvalue weighted by Gasteiger charge is -2.08. The van der Waals surface area contributed by atoms with Gasteiger partial charge in [-0.1, -0.05) is 18.2 Å². The first-order chi connectivity index (χ1) is 10.0. The molecule has 0 radical (unpaired) electrons. The maximum Gasteiger partial charge on any atom is 0.319 e. The van der Waals surface area contributed by atoms with Crippen LogP contribution in [0.5, 0.6) is 0 Å². The van der Waals surface area contributed by atoms with E-state index in [0.717, 1.165) is 5.56 Å². The summed E-state index contributed by atoms with van der Waals surface area (Å²) in [7, 11) is 0. The highest BCUT2D eigenvalue weighted by atomic mass is 19.1. The van der Waals surface area contributed by atoms with Crippen molar-refractivity contribution in [1.82, 2.24) is 5.32 Å². The lowest BCUT2D eigenvalue weighted by Crippen LogP contribution is -2.28. The highest BCUT2D eigenvalue weighted by molar-refractivity contribution is 5.95. The third kappa shape index (κ3) is 4.31. The Kier molecular flexibility index (Phi) is 4.50. The SMILES string of the molecule is N=C(N)c1cccc(CNC(=O)Nc2ccc(F)cc2)c1. The van der Waals surface area contributed by atoms with Gasteiger partial charge >= 0.3 is 6.03 Å². The van der Waals surface area contributed by atoms with Gasteiger partial charge in [-0.3, -0.25) is 5.41 Å². The number of rotatable bonds is 4. The van der Waals surface area contributed by atoms with E-state index in [-0.39, 0.29) is 11.7 Å². The Bertz CT molecular complexity index is 655. The molecule has 2 rings (SSSR count). The molecule has 0 saturated heterocycles. The van der Waals surface area contributed by atoms with Gasteiger partial charge in [0.25, 0.3) is 0 Å². The Morgan fingerprint density at radius 1 is 1.19 bits per heavy atom. The van der Waals surface area contributed by atoms with Crippen molar-refractivity contribution in [3.8, 4) is 0 Å². The molecule has 0 aliphatic rings. The Hall–Kier alpha value is -2.89. The smallest absolute Gasteiger partial charge is 0.319 e. The summed E-state index contributed by atoms with van der Waals surface area (Å²) >= 11 is 0. The first kappa shape index (κ1) is 14.5. The minimum absolute atomic E-state index is 0.0207. The predicted octanol–water partition coefficient (Wildman–Crippen LogP) is 2.43. The van der Waals surface area contributed by atoms with Crippen molar-refractivity contribution in [2.45, 2.75) is 6.54 Å². The minimum Gasteiger partial charge on any atom is -0.384 e. The Morgan fingerprint density at radius 2 is 1.90 bits per heavy atom. The molecule has 2 aromatic rings. The molecule has 108 valence electrons. The summed E-state index contributed by atoms with van der Waals surface area (Å²) in [5.41, 5.74) is 7.35. The second-order valence-electron chi connectivity index (χ2n) is 4.43. The van der Waals surface area contributed by atoms with Crippen molar-refractivity contribution in [3.63, 3.8) is 0 Å². The molecule has 21 heavy (non-hydrogen) atoms. The Morgan fingerprint density at radius 3 is 2.57 bits per heavy atom. The summed E-state index contributed by atoms with van der Waals surface area (Å²) < 4.78 is 12.7. The van der Waals surface area contributed by atoms with E-state index in [2.05, 4.69) is 10.6 Å². The fourth-order valence-electron chi connectivity index (χ4n) is 1.74. The number of benzene rings is 2. The van der Waals surface area contributed by atoms with Crippen molar-refractivity contribution >= 4 is 17.6 Å². The van der Waals surface area contributed by atoms with Gasteiger partial charge in [0.05, 0.1) is 0 Å². The zero-order valence-corrected chi connectivity index (χ0v) is 11.2. The lowest BCUT2D eigenvalue weighted by atomic mass is 10.1. The monoisotopic (exact) mass is 286 g/mol. The topological polar surface area (TPSA) is 91.0 Å². The van der Waals surface area contributed by atoms with E-state index in [1.165, 1.54) is 24.3 Å². The van der Waals surface area contributed by atoms with Crippen LogP contribution in [-0.2, 0) is 6.54 Å². The van der Waals surface area contributed by atoms with E-state index in [4.69, 9.17) is 11.1 Å². The van der Waals surface area contributed by atoms with Crippen LogP contribution in [0, 0.1) is 11.2 Å². The molecule has 5 N–H and O–H groups in total. The number of halogens is 1. The number of nitrogens with two attached hydrogens (primary N) is 1. The number of amides is 2. The number of hydrogen-bond donors (Lipinski definition) is 4. The van der Waals surface area contributed by atoms with Crippen LogP contribution >= 0.6 is 0 Å². The molecule has 0 bridgehead atoms. The Labute approximate surface area is 121 Å². The highest BCUT2D eigenvalue weighted by Crippen LogP contribution is 2.08. The molecule has 2 aromatic carbocycles. The van der Waals surface area contributed by atoms with Gasteiger partial charge in [0.15, 0.2) is 0 Å². The third-order valence-electron chi connectivity index (χ3n) is 2.79. The molecular formula is C15H15FN4O. The molecule has 6 heteroatoms. The average molecular weight is 286 g/mol. The van der Waals surface area contributed by atoms with Crippen molar-refractivity contribution in [1.29, 1.82) is 5.41 Å². The second-order valence-corrected chi connectivity index (χ2v) is 4.43. The summed E-state index contributed by atoms with van der Waals surface area (Å²) in [4.78, 5) is 11.7. The lowest BCUT2D eigenvalue weighted by molar-refractivity contribution is 0.251. The molecule has 0 heterocycles. The van der Waals surface area contributed by atoms with Crippen molar-refractivity contribution in [2.24, 2.45) is 5.73 Å². The van der Waals surface area contributed by atoms with E-state index in [9.17, 15) is 9.18 Å². The number of nitrogen functional groups attached to an aromatic ring is 1. The molecule has 0 aromatic heterocycles. The van der Waals surface area contributed by atoms with Gasteiger partial charge < -0.3 is 16.4 Å². The van der Waals surface area contributed by atoms with Crippen molar-refractivity contribution in [2.75, 3.05) is 5.32 Å². The largest absolute Gasteiger partial charge is 0.384 e. The number of nitrogens with one attached hydrogen (secondary N) is 3. The fourth-order valence-corrected chi connectivity index (χ4v) is 1.74. The van der Waals surface area contributed by atoms with Crippen LogP contribution < -0.4 is 16.4 Å². The van der Waals surface area contributed by atoms with Crippen molar-refractivity contribution < 1.29 is 9.18 Å². The first-order valence-electron chi connectivity index (χ1n) is 6.28. The van der Waals surface area contributed by atoms with Crippen LogP contribution in [0.2, 0.25) is 0 Å². The fraction of sp³-hybridized carbons (Fsp3) is 0.0667. The molecule has 0 saturated carbocycles. The summed E-state index contributed by atoms with van der Waals surface area (Å²) in [6.07, 6.45) is 0. The Balaban J connectivity index is 1.90. The van der Waals surface area contributed by atoms with E-state index in [0.29, 0.717) is 17.8 Å². The maximum atomic E-state index is 12.7. The molecule has 0 atom stereocenters. The molecular weight excluding hydrogens is 271 g/mol. The number of carbonyl (C=O) groups excluding carboxylic acids is 1. The van der Waals surface area contributed by atoms with Gasteiger partial charge in [-0.2, -0.15) is 0 Å². The van der Waals surface area contributed by atoms with Gasteiger partial charge in [-0.05, 0) is 35.9 Å². The summed E-state index contributed by atoms with van der Waals surface area (Å²) in [5, 5.41) is 12.6. The zero-order valence-electron chi connectivity index (χ0n) is 11.2. The molecule has 0 aliphatic carbocycles. The van der Waals surface area contributed by atoms with E-state index < -0.39 is 6.03 Å². The van der Waals surface area contributed by atoms with Gasteiger partial charge in [-0.25, -0.2) is 9.18 Å². The molecule has 0 aliphatic heterocycles. The van der Waals surface area contributed by atoms with Crippen molar-refractivity contribution in [3.05, 3.63) is 65.5 Å². The number of hydrogen-bond acceptors (Lipinski definition) is 2. The quantitative estimate of drug-likeness (QED) is 0.513. The van der Waals surface area contributed by atoms with Crippen LogP contribution in [-0.4, -0.2) is 11.9 Å². The highest BCUT2D eigenvalue weighted by Gasteiger charge is 2.03. The normalized spacial score (nSPS) is 9.95. The number of urea groups is 1. The molecule has 5 nitrogen and oxygen atoms in total. The van der Waals surface area contributed by atoms with Crippen LogP contribution in [0.4, 0.5) is 14.9 Å². The predicted molar refractivity (Wildman–Crippen MR) is 79.7 cm³/mol. The maximum absolute atomic E-state index is 12.7. The molecule has 0 fully saturated rings. The third-order valence-corrected chi connectivity index (χ3v) is 2.79. The summed E-state index contributed by atoms with van der Waals surface area (Å²) in [5.74, 6) is -0.380. The minimum atomic E-state index is -0.394. The number of anilines is 1. The van der Waals surface area contributed by atoms with Crippen LogP contribution in [0.3, 0.4) is 0 Å². The average Bonchev–Trinajstić information content (AvgIpc) is 2.48. The van der Waals surface area contributed by atoms with Gasteiger partial charge in [0.1, 0.15) is 11.7 Å². The molecule has 2 amide bonds. The van der Waals surface area contributed by atoms with Crippen LogP contribution in [0.1, 0.15) is 11.1 Å². The van der Waals surface area contributed by atoms with Gasteiger partial charge in [0, 0.05) is 17.8 Å². The standard InChI is InChI=1S/C15H15FN4O/c16-12-4-6-13(7-5-12)20-15(21)19-9-10-2-1-3-11(8-10)14(17)18/h1-8H,9H2,(H3,17,18)(H2,19,20,21). The molecule has 0 unspecified atom stereocenters. The first-order valence-corrected chi connectivity index (χ1v) is 6.28. The number of amidine groups is 1. The van der Waals surface area contributed by atoms with E-state index in [1.807, 2.05) is 6.07 Å². The second kappa shape index (κ2) is 6.51. The van der Waals surface area contributed by atoms with Crippen LogP contribution in [0.25, 0.3) is 0 Å². The van der Waals surface area contributed by atoms with Gasteiger partial charge in [0.2, 0.25) is 0 Å². The number of carbonyl (C=O) groups is 1. The van der Waals surface area contributed by atoms with E-state index >= 15 is 0 Å². The van der Waals surface area contributed by atoms with Crippen LogP contribution in [0.15, 0.2) is 48.5 Å².